The van der Waals surface area contributed by atoms with E-state index in [1.54, 1.807) is 6.34 Å². The third-order valence-electron chi connectivity index (χ3n) is 5.41. The van der Waals surface area contributed by atoms with E-state index in [1.165, 1.54) is 6.33 Å². The smallest absolute Gasteiger partial charge is 0.166 e. The molecule has 4 atom stereocenters. The minimum atomic E-state index is -1.42. The van der Waals surface area contributed by atoms with Crippen molar-refractivity contribution < 1.29 is 13.9 Å². The van der Waals surface area contributed by atoms with Crippen LogP contribution in [0.3, 0.4) is 0 Å². The van der Waals surface area contributed by atoms with Crippen LogP contribution in [0.25, 0.3) is 11.0 Å². The summed E-state index contributed by atoms with van der Waals surface area (Å²) in [6.07, 6.45) is 4.90. The molecule has 0 unspecified atom stereocenters. The van der Waals surface area contributed by atoms with Crippen LogP contribution in [0.1, 0.15) is 39.7 Å². The van der Waals surface area contributed by atoms with Crippen LogP contribution in [0.15, 0.2) is 23.6 Å². The summed E-state index contributed by atoms with van der Waals surface area (Å²) < 4.78 is 29.6. The lowest BCUT2D eigenvalue weighted by Crippen LogP contribution is -2.37. The molecule has 2 aromatic heterocycles. The second kappa shape index (κ2) is 6.24. The van der Waals surface area contributed by atoms with Crippen LogP contribution in [0, 0.1) is 0 Å². The van der Waals surface area contributed by atoms with Crippen LogP contribution in [0.2, 0.25) is 0 Å². The minimum Gasteiger partial charge on any atom is -0.369 e. The molecule has 0 radical (unpaired) electrons. The Hall–Kier alpha value is -2.06. The largest absolute Gasteiger partial charge is 0.369 e. The van der Waals surface area contributed by atoms with Crippen LogP contribution >= 0.6 is 0 Å². The van der Waals surface area contributed by atoms with Gasteiger partial charge in [-0.1, -0.05) is 6.92 Å². The monoisotopic (exact) mass is 375 g/mol. The highest BCUT2D eigenvalue weighted by Crippen LogP contribution is 2.52. The van der Waals surface area contributed by atoms with E-state index in [4.69, 9.17) is 9.47 Å². The van der Waals surface area contributed by atoms with Crippen LogP contribution in [0.4, 0.5) is 10.2 Å². The molecule has 2 fully saturated rings. The summed E-state index contributed by atoms with van der Waals surface area (Å²) >= 11 is 0. The molecular formula is C19H26FN5O2. The topological polar surface area (TPSA) is 64.8 Å². The Kier molecular flexibility index (Phi) is 4.23. The molecule has 1 aliphatic carbocycles. The SMILES string of the molecule is CC[C@@]1(F)C[C@@H](n2ccc3c(N=CN(C)C)ncnc32)[C@@H]2OC(C)(C)O[C@@H]21. The number of fused-ring (bicyclic) bond motifs is 2. The lowest BCUT2D eigenvalue weighted by molar-refractivity contribution is -0.171. The van der Waals surface area contributed by atoms with Crippen molar-refractivity contribution in [3.8, 4) is 0 Å². The summed E-state index contributed by atoms with van der Waals surface area (Å²) in [7, 11) is 3.80. The summed E-state index contributed by atoms with van der Waals surface area (Å²) in [6, 6.07) is 1.73. The van der Waals surface area contributed by atoms with E-state index in [0.29, 0.717) is 18.7 Å². The Morgan fingerprint density at radius 1 is 1.37 bits per heavy atom. The van der Waals surface area contributed by atoms with E-state index < -0.39 is 17.6 Å². The maximum absolute atomic E-state index is 15.6. The summed E-state index contributed by atoms with van der Waals surface area (Å²) in [6.45, 7) is 5.53. The highest BCUT2D eigenvalue weighted by molar-refractivity contribution is 5.87. The van der Waals surface area contributed by atoms with Crippen molar-refractivity contribution in [2.75, 3.05) is 14.1 Å². The number of halogens is 1. The number of nitrogens with zero attached hydrogens (tertiary/aromatic N) is 5. The lowest BCUT2D eigenvalue weighted by atomic mass is 9.98. The van der Waals surface area contributed by atoms with Gasteiger partial charge in [-0.2, -0.15) is 0 Å². The molecule has 2 aromatic rings. The second-order valence-corrected chi connectivity index (χ2v) is 8.05. The van der Waals surface area contributed by atoms with E-state index in [2.05, 4.69) is 15.0 Å². The molecule has 1 aliphatic heterocycles. The van der Waals surface area contributed by atoms with Crippen molar-refractivity contribution in [2.24, 2.45) is 4.99 Å². The molecule has 7 nitrogen and oxygen atoms in total. The van der Waals surface area contributed by atoms with E-state index in [0.717, 1.165) is 11.0 Å². The van der Waals surface area contributed by atoms with Crippen molar-refractivity contribution in [1.82, 2.24) is 19.4 Å². The van der Waals surface area contributed by atoms with E-state index in [1.807, 2.05) is 56.6 Å². The van der Waals surface area contributed by atoms with Gasteiger partial charge in [-0.15, -0.1) is 0 Å². The molecule has 2 aliphatic rings. The van der Waals surface area contributed by atoms with E-state index in [-0.39, 0.29) is 12.1 Å². The molecule has 0 N–H and O–H groups in total. The molecule has 3 heterocycles. The van der Waals surface area contributed by atoms with Gasteiger partial charge in [0.25, 0.3) is 0 Å². The quantitative estimate of drug-likeness (QED) is 0.606. The van der Waals surface area contributed by atoms with Gasteiger partial charge in [0.15, 0.2) is 11.6 Å². The highest BCUT2D eigenvalue weighted by atomic mass is 19.1. The van der Waals surface area contributed by atoms with Gasteiger partial charge in [0, 0.05) is 26.7 Å². The number of hydrogen-bond acceptors (Lipinski definition) is 5. The highest BCUT2D eigenvalue weighted by Gasteiger charge is 2.62. The first-order valence-electron chi connectivity index (χ1n) is 9.31. The molecule has 0 spiro atoms. The first kappa shape index (κ1) is 18.3. The minimum absolute atomic E-state index is 0.195. The van der Waals surface area contributed by atoms with Crippen LogP contribution in [0.5, 0.6) is 0 Å². The fraction of sp³-hybridized carbons (Fsp3) is 0.632. The number of hydrogen-bond donors (Lipinski definition) is 0. The van der Waals surface area contributed by atoms with Crippen LogP contribution < -0.4 is 0 Å². The number of aliphatic imine (C=N–C) groups is 1. The van der Waals surface area contributed by atoms with Gasteiger partial charge < -0.3 is 18.9 Å². The van der Waals surface area contributed by atoms with Gasteiger partial charge in [0.1, 0.15) is 29.9 Å². The van der Waals surface area contributed by atoms with Crippen molar-refractivity contribution in [3.63, 3.8) is 0 Å². The summed E-state index contributed by atoms with van der Waals surface area (Å²) in [4.78, 5) is 15.0. The summed E-state index contributed by atoms with van der Waals surface area (Å²) in [5.41, 5.74) is -0.688. The number of rotatable bonds is 4. The predicted molar refractivity (Wildman–Crippen MR) is 101 cm³/mol. The van der Waals surface area contributed by atoms with Crippen molar-refractivity contribution in [2.45, 2.75) is 63.3 Å². The molecule has 1 saturated heterocycles. The molecule has 27 heavy (non-hydrogen) atoms. The third-order valence-corrected chi connectivity index (χ3v) is 5.41. The molecule has 8 heteroatoms. The maximum atomic E-state index is 15.6. The molecule has 4 rings (SSSR count). The Morgan fingerprint density at radius 2 is 2.15 bits per heavy atom. The van der Waals surface area contributed by atoms with Crippen LogP contribution in [-0.4, -0.2) is 63.5 Å². The Morgan fingerprint density at radius 3 is 2.85 bits per heavy atom. The van der Waals surface area contributed by atoms with Crippen molar-refractivity contribution in [3.05, 3.63) is 18.6 Å². The standard InChI is InChI=1S/C19H26FN5O2/c1-6-19(20)9-13(14-15(19)27-18(2,3)26-14)25-8-7-12-16(23-11-24(4)5)21-10-22-17(12)25/h7-8,10-11,13-15H,6,9H2,1-5H3/t13-,14+,15+,19-/m1/s1. The Labute approximate surface area is 158 Å². The molecule has 1 saturated carbocycles. The zero-order chi connectivity index (χ0) is 19.4. The zero-order valence-corrected chi connectivity index (χ0v) is 16.4. The maximum Gasteiger partial charge on any atom is 0.166 e. The van der Waals surface area contributed by atoms with E-state index in [9.17, 15) is 0 Å². The van der Waals surface area contributed by atoms with Gasteiger partial charge in [0.2, 0.25) is 0 Å². The van der Waals surface area contributed by atoms with E-state index >= 15 is 4.39 Å². The zero-order valence-electron chi connectivity index (χ0n) is 16.4. The molecular weight excluding hydrogens is 349 g/mol. The average Bonchev–Trinajstić information content (AvgIpc) is 3.25. The normalized spacial score (nSPS) is 32.4. The predicted octanol–water partition coefficient (Wildman–Crippen LogP) is 3.24. The fourth-order valence-electron chi connectivity index (χ4n) is 4.15. The van der Waals surface area contributed by atoms with Crippen molar-refractivity contribution in [1.29, 1.82) is 0 Å². The Balaban J connectivity index is 1.75. The molecule has 0 aromatic carbocycles. The van der Waals surface area contributed by atoms with Gasteiger partial charge in [-0.3, -0.25) is 0 Å². The second-order valence-electron chi connectivity index (χ2n) is 8.05. The lowest BCUT2D eigenvalue weighted by Gasteiger charge is -2.27. The number of ether oxygens (including phenoxy) is 2. The first-order valence-corrected chi connectivity index (χ1v) is 9.31. The molecule has 146 valence electrons. The van der Waals surface area contributed by atoms with Gasteiger partial charge in [-0.25, -0.2) is 19.4 Å². The Bertz CT molecular complexity index is 880. The van der Waals surface area contributed by atoms with Gasteiger partial charge in [-0.05, 0) is 26.3 Å². The van der Waals surface area contributed by atoms with Crippen molar-refractivity contribution >= 4 is 23.2 Å². The summed E-state index contributed by atoms with van der Waals surface area (Å²) in [5.74, 6) is -0.201. The molecule has 0 amide bonds. The van der Waals surface area contributed by atoms with Gasteiger partial charge >= 0.3 is 0 Å². The third kappa shape index (κ3) is 3.00. The van der Waals surface area contributed by atoms with Crippen LogP contribution in [-0.2, 0) is 9.47 Å². The molecule has 0 bridgehead atoms. The average molecular weight is 375 g/mol. The first-order chi connectivity index (χ1) is 12.7. The fourth-order valence-corrected chi connectivity index (χ4v) is 4.15. The van der Waals surface area contributed by atoms with Gasteiger partial charge in [0.05, 0.1) is 17.8 Å². The number of alkyl halides is 1. The summed E-state index contributed by atoms with van der Waals surface area (Å²) in [5, 5.41) is 0.832. The number of aromatic nitrogens is 3.